The number of epoxide rings is 1. The van der Waals surface area contributed by atoms with Gasteiger partial charge in [0.15, 0.2) is 0 Å². The van der Waals surface area contributed by atoms with Crippen molar-refractivity contribution in [2.75, 3.05) is 0 Å². The summed E-state index contributed by atoms with van der Waals surface area (Å²) in [7, 11) is 0. The number of carbonyl (C=O) groups is 2. The molecule has 0 spiro atoms. The molecular formula is C33H58N2O5. The lowest BCUT2D eigenvalue weighted by atomic mass is 9.58. The Morgan fingerprint density at radius 2 is 1.50 bits per heavy atom. The maximum Gasteiger partial charge on any atom is 0.306 e. The van der Waals surface area contributed by atoms with Gasteiger partial charge in [-0.2, -0.15) is 0 Å². The van der Waals surface area contributed by atoms with E-state index in [0.717, 1.165) is 25.0 Å². The van der Waals surface area contributed by atoms with Gasteiger partial charge in [0.1, 0.15) is 12.2 Å². The van der Waals surface area contributed by atoms with Gasteiger partial charge in [0.25, 0.3) is 0 Å². The molecule has 0 radical (unpaired) electrons. The van der Waals surface area contributed by atoms with Crippen molar-refractivity contribution in [1.82, 2.24) is 9.97 Å². The predicted molar refractivity (Wildman–Crippen MR) is 160 cm³/mol. The summed E-state index contributed by atoms with van der Waals surface area (Å²) in [5.74, 6) is -0.443. The summed E-state index contributed by atoms with van der Waals surface area (Å²) in [4.78, 5) is 32.2. The van der Waals surface area contributed by atoms with Gasteiger partial charge in [0, 0.05) is 35.1 Å². The molecule has 0 saturated carbocycles. The number of esters is 2. The van der Waals surface area contributed by atoms with E-state index in [0.29, 0.717) is 12.8 Å². The van der Waals surface area contributed by atoms with Gasteiger partial charge in [-0.3, -0.25) is 9.59 Å². The average Bonchev–Trinajstić information content (AvgIpc) is 3.14. The minimum atomic E-state index is -0.384. The number of aromatic nitrogens is 2. The number of carbonyl (C=O) groups excluding carboxylic acids is 2. The first-order valence-corrected chi connectivity index (χ1v) is 14.9. The van der Waals surface area contributed by atoms with Gasteiger partial charge >= 0.3 is 11.9 Å². The molecule has 4 atom stereocenters. The Labute approximate surface area is 243 Å². The lowest BCUT2D eigenvalue weighted by Crippen LogP contribution is -2.50. The zero-order chi connectivity index (χ0) is 30.9. The number of aromatic amines is 1. The number of ether oxygens (including phenoxy) is 3. The predicted octanol–water partition coefficient (Wildman–Crippen LogP) is 7.68. The number of rotatable bonds is 13. The van der Waals surface area contributed by atoms with E-state index in [1.165, 1.54) is 6.92 Å². The van der Waals surface area contributed by atoms with E-state index in [2.05, 4.69) is 100.0 Å². The van der Waals surface area contributed by atoms with Crippen LogP contribution in [0.1, 0.15) is 128 Å². The number of hydrogen-bond donors (Lipinski definition) is 1. The molecular weight excluding hydrogens is 504 g/mol. The van der Waals surface area contributed by atoms with Crippen LogP contribution < -0.4 is 0 Å². The van der Waals surface area contributed by atoms with E-state index in [9.17, 15) is 9.59 Å². The molecule has 0 amide bonds. The maximum absolute atomic E-state index is 13.0. The first-order chi connectivity index (χ1) is 17.9. The van der Waals surface area contributed by atoms with E-state index < -0.39 is 0 Å². The molecule has 230 valence electrons. The smallest absolute Gasteiger partial charge is 0.306 e. The molecule has 4 unspecified atom stereocenters. The molecule has 2 heterocycles. The summed E-state index contributed by atoms with van der Waals surface area (Å²) in [6, 6.07) is 0. The van der Waals surface area contributed by atoms with Gasteiger partial charge in [-0.05, 0) is 43.4 Å². The highest BCUT2D eigenvalue weighted by Gasteiger charge is 2.66. The molecule has 7 heteroatoms. The molecule has 1 fully saturated rings. The van der Waals surface area contributed by atoms with Crippen LogP contribution in [0.15, 0.2) is 12.5 Å². The molecule has 1 aromatic rings. The third-order valence-electron chi connectivity index (χ3n) is 9.01. The Hall–Kier alpha value is -1.89. The summed E-state index contributed by atoms with van der Waals surface area (Å²) in [6.45, 7) is 30.0. The fourth-order valence-corrected chi connectivity index (χ4v) is 6.16. The number of H-pyrrole nitrogens is 1. The van der Waals surface area contributed by atoms with Gasteiger partial charge in [-0.1, -0.05) is 83.1 Å². The molecule has 1 aromatic heterocycles. The van der Waals surface area contributed by atoms with Gasteiger partial charge < -0.3 is 19.2 Å². The van der Waals surface area contributed by atoms with Crippen LogP contribution in [0.4, 0.5) is 0 Å². The largest absolute Gasteiger partial charge is 0.462 e. The summed E-state index contributed by atoms with van der Waals surface area (Å²) in [6.07, 6.45) is 5.99. The van der Waals surface area contributed by atoms with E-state index in [-0.39, 0.29) is 62.9 Å². The fraction of sp³-hybridized carbons (Fsp3) is 0.848. The van der Waals surface area contributed by atoms with E-state index >= 15 is 0 Å². The molecule has 0 bridgehead atoms. The van der Waals surface area contributed by atoms with Crippen LogP contribution in [0.2, 0.25) is 0 Å². The molecule has 40 heavy (non-hydrogen) atoms. The Kier molecular flexibility index (Phi) is 10.1. The second-order valence-electron chi connectivity index (χ2n) is 16.6. The van der Waals surface area contributed by atoms with Crippen molar-refractivity contribution < 1.29 is 23.8 Å². The molecule has 0 aromatic carbocycles. The third kappa shape index (κ3) is 9.06. The summed E-state index contributed by atoms with van der Waals surface area (Å²) < 4.78 is 18.7. The quantitative estimate of drug-likeness (QED) is 0.196. The summed E-state index contributed by atoms with van der Waals surface area (Å²) in [5.41, 5.74) is -0.418. The van der Waals surface area contributed by atoms with Crippen LogP contribution in [0.5, 0.6) is 0 Å². The topological polar surface area (TPSA) is 93.8 Å². The highest BCUT2D eigenvalue weighted by molar-refractivity contribution is 5.70. The van der Waals surface area contributed by atoms with Crippen LogP contribution in [0.3, 0.4) is 0 Å². The zero-order valence-electron chi connectivity index (χ0n) is 27.9. The summed E-state index contributed by atoms with van der Waals surface area (Å²) in [5, 5.41) is 0. The van der Waals surface area contributed by atoms with E-state index in [1.807, 2.05) is 0 Å². The van der Waals surface area contributed by atoms with E-state index in [4.69, 9.17) is 14.2 Å². The number of nitrogens with zero attached hydrogens (tertiary/aromatic N) is 1. The van der Waals surface area contributed by atoms with Crippen molar-refractivity contribution in [3.63, 3.8) is 0 Å². The van der Waals surface area contributed by atoms with Crippen molar-refractivity contribution in [3.05, 3.63) is 18.2 Å². The van der Waals surface area contributed by atoms with Gasteiger partial charge in [0.05, 0.1) is 24.5 Å². The normalized spacial score (nSPS) is 22.0. The van der Waals surface area contributed by atoms with Crippen LogP contribution in [0.25, 0.3) is 0 Å². The second-order valence-corrected chi connectivity index (χ2v) is 16.6. The number of aryl methyl sites for hydroxylation is 1. The Balaban J connectivity index is 2.23. The van der Waals surface area contributed by atoms with Crippen LogP contribution in [0, 0.1) is 27.1 Å². The van der Waals surface area contributed by atoms with Crippen molar-refractivity contribution in [1.29, 1.82) is 0 Å². The standard InChI is InChI=1S/C33H58N2O5/c1-22(36)38-25(18-29(5,6)7)31(10,11)32(12,13)27-33(14,40-27)20-30(8,9)24(17-28(2,3)4)39-26(37)16-15-23-19-34-21-35-23/h19,21,24-25,27H,15-18,20H2,1-14H3,(H,34,35). The van der Waals surface area contributed by atoms with Crippen LogP contribution in [-0.4, -0.2) is 45.8 Å². The highest BCUT2D eigenvalue weighted by atomic mass is 16.6. The Bertz CT molecular complexity index is 997. The SMILES string of the molecule is CC(=O)OC(CC(C)(C)C)C(C)(C)C(C)(C)C1OC1(C)CC(C)(C)C(CC(C)(C)C)OC(=O)CCc1cnc[nH]1. The molecule has 1 saturated heterocycles. The Morgan fingerprint density at radius 1 is 0.950 bits per heavy atom. The highest BCUT2D eigenvalue weighted by Crippen LogP contribution is 2.61. The molecule has 2 rings (SSSR count). The van der Waals surface area contributed by atoms with Crippen molar-refractivity contribution in [3.8, 4) is 0 Å². The van der Waals surface area contributed by atoms with Gasteiger partial charge in [-0.25, -0.2) is 4.98 Å². The van der Waals surface area contributed by atoms with Crippen LogP contribution >= 0.6 is 0 Å². The monoisotopic (exact) mass is 562 g/mol. The lowest BCUT2D eigenvalue weighted by Gasteiger charge is -2.48. The number of hydrogen-bond acceptors (Lipinski definition) is 6. The van der Waals surface area contributed by atoms with Crippen molar-refractivity contribution >= 4 is 11.9 Å². The zero-order valence-corrected chi connectivity index (χ0v) is 27.9. The summed E-state index contributed by atoms with van der Waals surface area (Å²) >= 11 is 0. The van der Waals surface area contributed by atoms with Crippen molar-refractivity contribution in [2.45, 2.75) is 153 Å². The fourth-order valence-electron chi connectivity index (χ4n) is 6.16. The van der Waals surface area contributed by atoms with Gasteiger partial charge in [-0.15, -0.1) is 0 Å². The van der Waals surface area contributed by atoms with Crippen molar-refractivity contribution in [2.24, 2.45) is 27.1 Å². The van der Waals surface area contributed by atoms with Crippen LogP contribution in [-0.2, 0) is 30.2 Å². The molecule has 1 aliphatic heterocycles. The van der Waals surface area contributed by atoms with Gasteiger partial charge in [0.2, 0.25) is 0 Å². The third-order valence-corrected chi connectivity index (χ3v) is 9.01. The molecule has 1 N–H and O–H groups in total. The lowest BCUT2D eigenvalue weighted by molar-refractivity contribution is -0.163. The molecule has 0 aliphatic carbocycles. The number of nitrogens with one attached hydrogen (secondary N) is 1. The first kappa shape index (κ1) is 34.3. The molecule has 7 nitrogen and oxygen atoms in total. The first-order valence-electron chi connectivity index (χ1n) is 14.9. The Morgan fingerprint density at radius 3 is 1.98 bits per heavy atom. The maximum atomic E-state index is 13.0. The minimum absolute atomic E-state index is 0.00457. The minimum Gasteiger partial charge on any atom is -0.462 e. The average molecular weight is 563 g/mol. The number of imidazole rings is 1. The van der Waals surface area contributed by atoms with E-state index in [1.54, 1.807) is 12.5 Å². The molecule has 1 aliphatic rings. The second kappa shape index (κ2) is 11.8.